The minimum absolute atomic E-state index is 0.0306. The topological polar surface area (TPSA) is 83.4 Å². The van der Waals surface area contributed by atoms with Gasteiger partial charge >= 0.3 is 5.97 Å². The summed E-state index contributed by atoms with van der Waals surface area (Å²) in [4.78, 5) is 33.1. The number of rotatable bonds is 7. The fourth-order valence-electron chi connectivity index (χ4n) is 2.25. The van der Waals surface area contributed by atoms with Gasteiger partial charge in [0.05, 0.1) is 11.3 Å². The summed E-state index contributed by atoms with van der Waals surface area (Å²) >= 11 is 0. The second kappa shape index (κ2) is 8.03. The third kappa shape index (κ3) is 4.88. The molecule has 23 heavy (non-hydrogen) atoms. The SMILES string of the molecule is Cc1ncncc1C(=O)N(CCCC(=O)O)Cc1ccccc1. The molecule has 0 unspecified atom stereocenters. The number of hydrogen-bond donors (Lipinski definition) is 1. The molecular formula is C17H19N3O3. The van der Waals surface area contributed by atoms with E-state index in [1.807, 2.05) is 30.3 Å². The summed E-state index contributed by atoms with van der Waals surface area (Å²) in [5, 5.41) is 8.79. The van der Waals surface area contributed by atoms with Crippen molar-refractivity contribution in [3.05, 3.63) is 59.7 Å². The van der Waals surface area contributed by atoms with Gasteiger partial charge in [0.2, 0.25) is 0 Å². The molecule has 0 radical (unpaired) electrons. The van der Waals surface area contributed by atoms with Crippen LogP contribution in [0.25, 0.3) is 0 Å². The Bertz CT molecular complexity index is 674. The molecule has 1 aromatic carbocycles. The zero-order chi connectivity index (χ0) is 16.7. The van der Waals surface area contributed by atoms with E-state index in [0.29, 0.717) is 30.8 Å². The zero-order valence-electron chi connectivity index (χ0n) is 13.0. The van der Waals surface area contributed by atoms with E-state index in [9.17, 15) is 9.59 Å². The number of nitrogens with zero attached hydrogens (tertiary/aromatic N) is 3. The lowest BCUT2D eigenvalue weighted by Gasteiger charge is -2.23. The Morgan fingerprint density at radius 1 is 1.22 bits per heavy atom. The van der Waals surface area contributed by atoms with Gasteiger partial charge in [-0.15, -0.1) is 0 Å². The summed E-state index contributed by atoms with van der Waals surface area (Å²) in [5.41, 5.74) is 2.05. The third-order valence-electron chi connectivity index (χ3n) is 3.46. The number of hydrogen-bond acceptors (Lipinski definition) is 4. The minimum Gasteiger partial charge on any atom is -0.481 e. The van der Waals surface area contributed by atoms with Crippen LogP contribution in [0, 0.1) is 6.92 Å². The van der Waals surface area contributed by atoms with Crippen molar-refractivity contribution in [3.63, 3.8) is 0 Å². The number of aryl methyl sites for hydroxylation is 1. The number of aliphatic carboxylic acids is 1. The molecule has 6 heteroatoms. The van der Waals surface area contributed by atoms with Gasteiger partial charge in [-0.05, 0) is 18.9 Å². The van der Waals surface area contributed by atoms with Gasteiger partial charge in [0.25, 0.3) is 5.91 Å². The van der Waals surface area contributed by atoms with Gasteiger partial charge in [-0.1, -0.05) is 30.3 Å². The van der Waals surface area contributed by atoms with Crippen molar-refractivity contribution >= 4 is 11.9 Å². The lowest BCUT2D eigenvalue weighted by atomic mass is 10.1. The summed E-state index contributed by atoms with van der Waals surface area (Å²) in [6.07, 6.45) is 3.33. The molecule has 120 valence electrons. The van der Waals surface area contributed by atoms with Crippen LogP contribution in [-0.4, -0.2) is 38.4 Å². The molecule has 6 nitrogen and oxygen atoms in total. The summed E-state index contributed by atoms with van der Waals surface area (Å²) in [6.45, 7) is 2.55. The number of aromatic nitrogens is 2. The van der Waals surface area contributed by atoms with Crippen LogP contribution in [0.3, 0.4) is 0 Å². The number of carbonyl (C=O) groups excluding carboxylic acids is 1. The van der Waals surface area contributed by atoms with E-state index in [2.05, 4.69) is 9.97 Å². The van der Waals surface area contributed by atoms with Crippen LogP contribution < -0.4 is 0 Å². The van der Waals surface area contributed by atoms with Crippen molar-refractivity contribution in [1.82, 2.24) is 14.9 Å². The van der Waals surface area contributed by atoms with Crippen LogP contribution in [-0.2, 0) is 11.3 Å². The molecule has 0 bridgehead atoms. The largest absolute Gasteiger partial charge is 0.481 e. The van der Waals surface area contributed by atoms with Crippen LogP contribution in [0.5, 0.6) is 0 Å². The first-order valence-corrected chi connectivity index (χ1v) is 7.39. The van der Waals surface area contributed by atoms with Crippen molar-refractivity contribution in [2.75, 3.05) is 6.54 Å². The van der Waals surface area contributed by atoms with Crippen LogP contribution in [0.2, 0.25) is 0 Å². The smallest absolute Gasteiger partial charge is 0.303 e. The van der Waals surface area contributed by atoms with Crippen LogP contribution in [0.15, 0.2) is 42.9 Å². The number of carboxylic acid groups (broad SMARTS) is 1. The first-order chi connectivity index (χ1) is 11.1. The third-order valence-corrected chi connectivity index (χ3v) is 3.46. The molecule has 2 rings (SSSR count). The van der Waals surface area contributed by atoms with Gasteiger partial charge in [-0.3, -0.25) is 9.59 Å². The molecule has 0 aliphatic carbocycles. The van der Waals surface area contributed by atoms with Crippen LogP contribution >= 0.6 is 0 Å². The van der Waals surface area contributed by atoms with E-state index in [1.165, 1.54) is 12.5 Å². The molecule has 1 heterocycles. The summed E-state index contributed by atoms with van der Waals surface area (Å²) < 4.78 is 0. The summed E-state index contributed by atoms with van der Waals surface area (Å²) in [5.74, 6) is -1.05. The molecule has 1 N–H and O–H groups in total. The lowest BCUT2D eigenvalue weighted by molar-refractivity contribution is -0.137. The van der Waals surface area contributed by atoms with Crippen LogP contribution in [0.4, 0.5) is 0 Å². The van der Waals surface area contributed by atoms with Crippen molar-refractivity contribution in [3.8, 4) is 0 Å². The van der Waals surface area contributed by atoms with E-state index >= 15 is 0 Å². The summed E-state index contributed by atoms with van der Waals surface area (Å²) in [7, 11) is 0. The van der Waals surface area contributed by atoms with Crippen molar-refractivity contribution in [2.24, 2.45) is 0 Å². The molecule has 0 aliphatic rings. The normalized spacial score (nSPS) is 10.3. The summed E-state index contributed by atoms with van der Waals surface area (Å²) in [6, 6.07) is 9.60. The molecule has 0 fully saturated rings. The van der Waals surface area contributed by atoms with Gasteiger partial charge in [0.15, 0.2) is 0 Å². The standard InChI is InChI=1S/C17H19N3O3/c1-13-15(10-18-12-19-13)17(23)20(9-5-8-16(21)22)11-14-6-3-2-4-7-14/h2-4,6-7,10,12H,5,8-9,11H2,1H3,(H,21,22). The molecule has 0 saturated heterocycles. The van der Waals surface area contributed by atoms with E-state index < -0.39 is 5.97 Å². The molecule has 0 aliphatic heterocycles. The molecule has 2 aromatic rings. The number of carboxylic acids is 1. The molecule has 0 saturated carbocycles. The number of benzene rings is 1. The Hall–Kier alpha value is -2.76. The average molecular weight is 313 g/mol. The quantitative estimate of drug-likeness (QED) is 0.848. The highest BCUT2D eigenvalue weighted by molar-refractivity contribution is 5.94. The Morgan fingerprint density at radius 2 is 1.96 bits per heavy atom. The lowest BCUT2D eigenvalue weighted by Crippen LogP contribution is -2.32. The van der Waals surface area contributed by atoms with E-state index in [-0.39, 0.29) is 12.3 Å². The fourth-order valence-corrected chi connectivity index (χ4v) is 2.25. The molecule has 0 spiro atoms. The van der Waals surface area contributed by atoms with Gasteiger partial charge < -0.3 is 10.0 Å². The molecule has 1 amide bonds. The Kier molecular flexibility index (Phi) is 5.80. The van der Waals surface area contributed by atoms with E-state index in [4.69, 9.17) is 5.11 Å². The van der Waals surface area contributed by atoms with Gasteiger partial charge in [-0.2, -0.15) is 0 Å². The molecular weight excluding hydrogens is 294 g/mol. The Labute approximate surface area is 134 Å². The van der Waals surface area contributed by atoms with Gasteiger partial charge in [-0.25, -0.2) is 9.97 Å². The van der Waals surface area contributed by atoms with E-state index in [0.717, 1.165) is 5.56 Å². The average Bonchev–Trinajstić information content (AvgIpc) is 2.54. The minimum atomic E-state index is -0.865. The Morgan fingerprint density at radius 3 is 2.61 bits per heavy atom. The second-order valence-electron chi connectivity index (χ2n) is 5.23. The zero-order valence-corrected chi connectivity index (χ0v) is 13.0. The van der Waals surface area contributed by atoms with Gasteiger partial charge in [0.1, 0.15) is 6.33 Å². The molecule has 0 atom stereocenters. The van der Waals surface area contributed by atoms with E-state index in [1.54, 1.807) is 11.8 Å². The highest BCUT2D eigenvalue weighted by atomic mass is 16.4. The number of carbonyl (C=O) groups is 2. The first-order valence-electron chi connectivity index (χ1n) is 7.39. The Balaban J connectivity index is 2.16. The molecule has 1 aromatic heterocycles. The van der Waals surface area contributed by atoms with Crippen molar-refractivity contribution in [2.45, 2.75) is 26.3 Å². The second-order valence-corrected chi connectivity index (χ2v) is 5.23. The number of amides is 1. The van der Waals surface area contributed by atoms with Crippen molar-refractivity contribution in [1.29, 1.82) is 0 Å². The predicted molar refractivity (Wildman–Crippen MR) is 84.8 cm³/mol. The fraction of sp³-hybridized carbons (Fsp3) is 0.294. The first kappa shape index (κ1) is 16.6. The monoisotopic (exact) mass is 313 g/mol. The van der Waals surface area contributed by atoms with Crippen molar-refractivity contribution < 1.29 is 14.7 Å². The highest BCUT2D eigenvalue weighted by Gasteiger charge is 2.19. The predicted octanol–water partition coefficient (Wildman–Crippen LogP) is 2.29. The maximum absolute atomic E-state index is 12.7. The van der Waals surface area contributed by atoms with Crippen LogP contribution in [0.1, 0.15) is 34.5 Å². The highest BCUT2D eigenvalue weighted by Crippen LogP contribution is 2.12. The van der Waals surface area contributed by atoms with Gasteiger partial charge in [0, 0.05) is 25.7 Å². The maximum atomic E-state index is 12.7. The maximum Gasteiger partial charge on any atom is 0.303 e.